The first kappa shape index (κ1) is 14.3. The van der Waals surface area contributed by atoms with E-state index in [1.165, 1.54) is 12.3 Å². The molecule has 1 aromatic heterocycles. The van der Waals surface area contributed by atoms with E-state index in [0.717, 1.165) is 19.3 Å². The highest BCUT2D eigenvalue weighted by atomic mass is 16.5. The third-order valence-electron chi connectivity index (χ3n) is 3.31. The lowest BCUT2D eigenvalue weighted by atomic mass is 10.2. The van der Waals surface area contributed by atoms with Crippen LogP contribution in [0.3, 0.4) is 0 Å². The zero-order chi connectivity index (χ0) is 14.5. The second-order valence-corrected chi connectivity index (χ2v) is 4.67. The molecule has 2 rings (SSSR count). The van der Waals surface area contributed by atoms with Crippen LogP contribution in [0.5, 0.6) is 0 Å². The van der Waals surface area contributed by atoms with Crippen LogP contribution in [0.2, 0.25) is 0 Å². The summed E-state index contributed by atoms with van der Waals surface area (Å²) in [7, 11) is 1.65. The summed E-state index contributed by atoms with van der Waals surface area (Å²) >= 11 is 0. The summed E-state index contributed by atoms with van der Waals surface area (Å²) in [5.74, 6) is -1.18. The van der Waals surface area contributed by atoms with Crippen molar-refractivity contribution in [3.63, 3.8) is 0 Å². The lowest BCUT2D eigenvalue weighted by molar-refractivity contribution is 0.0691. The number of aromatic nitrogens is 1. The Labute approximate surface area is 116 Å². The van der Waals surface area contributed by atoms with Gasteiger partial charge in [-0.15, -0.1) is 0 Å². The fourth-order valence-electron chi connectivity index (χ4n) is 2.31. The SMILES string of the molecule is COC1CCC(NC(=O)Nc2cccnc2C(=O)O)C1. The van der Waals surface area contributed by atoms with Crippen molar-refractivity contribution in [2.45, 2.75) is 31.4 Å². The molecule has 1 aliphatic carbocycles. The van der Waals surface area contributed by atoms with Crippen molar-refractivity contribution < 1.29 is 19.4 Å². The molecule has 0 aromatic carbocycles. The maximum atomic E-state index is 11.9. The van der Waals surface area contributed by atoms with Gasteiger partial charge in [-0.1, -0.05) is 0 Å². The number of hydrogen-bond donors (Lipinski definition) is 3. The minimum absolute atomic E-state index is 0.0462. The number of carbonyl (C=O) groups is 2. The summed E-state index contributed by atoms with van der Waals surface area (Å²) < 4.78 is 5.23. The number of carbonyl (C=O) groups excluding carboxylic acids is 1. The van der Waals surface area contributed by atoms with Crippen molar-refractivity contribution in [2.24, 2.45) is 0 Å². The molecule has 7 heteroatoms. The van der Waals surface area contributed by atoms with Crippen molar-refractivity contribution in [1.29, 1.82) is 0 Å². The molecule has 1 heterocycles. The number of carboxylic acid groups (broad SMARTS) is 1. The van der Waals surface area contributed by atoms with Crippen LogP contribution >= 0.6 is 0 Å². The average molecular weight is 279 g/mol. The Bertz CT molecular complexity index is 506. The number of aromatic carboxylic acids is 1. The van der Waals surface area contributed by atoms with Crippen LogP contribution in [0, 0.1) is 0 Å². The normalized spacial score (nSPS) is 21.4. The van der Waals surface area contributed by atoms with Gasteiger partial charge in [0.05, 0.1) is 11.8 Å². The van der Waals surface area contributed by atoms with Gasteiger partial charge in [-0.3, -0.25) is 0 Å². The van der Waals surface area contributed by atoms with Gasteiger partial charge in [0.1, 0.15) is 0 Å². The highest BCUT2D eigenvalue weighted by molar-refractivity contribution is 5.98. The van der Waals surface area contributed by atoms with E-state index in [1.54, 1.807) is 13.2 Å². The lowest BCUT2D eigenvalue weighted by Gasteiger charge is -2.14. The summed E-state index contributed by atoms with van der Waals surface area (Å²) in [6.45, 7) is 0. The van der Waals surface area contributed by atoms with Crippen LogP contribution < -0.4 is 10.6 Å². The highest BCUT2D eigenvalue weighted by Gasteiger charge is 2.26. The van der Waals surface area contributed by atoms with Crippen LogP contribution in [0.25, 0.3) is 0 Å². The Kier molecular flexibility index (Phi) is 4.52. The summed E-state index contributed by atoms with van der Waals surface area (Å²) in [5, 5.41) is 14.3. The number of amides is 2. The van der Waals surface area contributed by atoms with Gasteiger partial charge in [-0.2, -0.15) is 0 Å². The summed E-state index contributed by atoms with van der Waals surface area (Å²) in [6, 6.07) is 2.69. The van der Waals surface area contributed by atoms with E-state index < -0.39 is 12.0 Å². The Morgan fingerprint density at radius 1 is 1.45 bits per heavy atom. The number of nitrogens with one attached hydrogen (secondary N) is 2. The second kappa shape index (κ2) is 6.33. The molecule has 1 aliphatic rings. The summed E-state index contributed by atoms with van der Waals surface area (Å²) in [5.41, 5.74) is 0.00243. The van der Waals surface area contributed by atoms with Gasteiger partial charge in [0, 0.05) is 19.3 Å². The first-order valence-corrected chi connectivity index (χ1v) is 6.38. The van der Waals surface area contributed by atoms with Gasteiger partial charge in [-0.25, -0.2) is 14.6 Å². The van der Waals surface area contributed by atoms with Crippen molar-refractivity contribution in [2.75, 3.05) is 12.4 Å². The molecule has 3 N–H and O–H groups in total. The molecule has 1 aromatic rings. The Balaban J connectivity index is 1.94. The minimum atomic E-state index is -1.18. The van der Waals surface area contributed by atoms with Gasteiger partial charge in [-0.05, 0) is 31.4 Å². The average Bonchev–Trinajstić information content (AvgIpc) is 2.86. The minimum Gasteiger partial charge on any atom is -0.476 e. The molecule has 20 heavy (non-hydrogen) atoms. The Morgan fingerprint density at radius 2 is 2.25 bits per heavy atom. The number of methoxy groups -OCH3 is 1. The van der Waals surface area contributed by atoms with Gasteiger partial charge < -0.3 is 20.5 Å². The first-order valence-electron chi connectivity index (χ1n) is 6.38. The standard InChI is InChI=1S/C13H17N3O4/c1-20-9-5-4-8(7-9)15-13(19)16-10-3-2-6-14-11(10)12(17)18/h2-3,6,8-9H,4-5,7H2,1H3,(H,17,18)(H2,15,16,19). The molecule has 2 amide bonds. The van der Waals surface area contributed by atoms with E-state index in [9.17, 15) is 9.59 Å². The van der Waals surface area contributed by atoms with E-state index in [-0.39, 0.29) is 23.5 Å². The van der Waals surface area contributed by atoms with Crippen molar-refractivity contribution >= 4 is 17.7 Å². The third-order valence-corrected chi connectivity index (χ3v) is 3.31. The van der Waals surface area contributed by atoms with Crippen LogP contribution in [0.1, 0.15) is 29.8 Å². The predicted octanol–water partition coefficient (Wildman–Crippen LogP) is 1.47. The van der Waals surface area contributed by atoms with E-state index in [4.69, 9.17) is 9.84 Å². The maximum absolute atomic E-state index is 11.9. The third kappa shape index (κ3) is 3.45. The van der Waals surface area contributed by atoms with Gasteiger partial charge in [0.15, 0.2) is 5.69 Å². The molecule has 1 fully saturated rings. The van der Waals surface area contributed by atoms with Crippen LogP contribution in [-0.4, -0.2) is 41.3 Å². The maximum Gasteiger partial charge on any atom is 0.356 e. The molecule has 0 saturated heterocycles. The topological polar surface area (TPSA) is 101 Å². The largest absolute Gasteiger partial charge is 0.476 e. The van der Waals surface area contributed by atoms with Crippen LogP contribution in [-0.2, 0) is 4.74 Å². The van der Waals surface area contributed by atoms with Crippen molar-refractivity contribution in [3.8, 4) is 0 Å². The van der Waals surface area contributed by atoms with E-state index >= 15 is 0 Å². The fourth-order valence-corrected chi connectivity index (χ4v) is 2.31. The molecule has 1 saturated carbocycles. The van der Waals surface area contributed by atoms with Gasteiger partial charge in [0.25, 0.3) is 0 Å². The second-order valence-electron chi connectivity index (χ2n) is 4.67. The Morgan fingerprint density at radius 3 is 2.90 bits per heavy atom. The summed E-state index contributed by atoms with van der Waals surface area (Å²) in [6.07, 6.45) is 4.07. The number of anilines is 1. The molecule has 2 atom stereocenters. The molecule has 2 unspecified atom stereocenters. The number of carboxylic acids is 1. The molecule has 0 spiro atoms. The molecule has 108 valence electrons. The monoisotopic (exact) mass is 279 g/mol. The van der Waals surface area contributed by atoms with Crippen LogP contribution in [0.15, 0.2) is 18.3 Å². The number of ether oxygens (including phenoxy) is 1. The number of pyridine rings is 1. The lowest BCUT2D eigenvalue weighted by Crippen LogP contribution is -2.37. The Hall–Kier alpha value is -2.15. The van der Waals surface area contributed by atoms with E-state index in [1.807, 2.05) is 0 Å². The smallest absolute Gasteiger partial charge is 0.356 e. The van der Waals surface area contributed by atoms with E-state index in [0.29, 0.717) is 0 Å². The highest BCUT2D eigenvalue weighted by Crippen LogP contribution is 2.21. The van der Waals surface area contributed by atoms with E-state index in [2.05, 4.69) is 15.6 Å². The number of hydrogen-bond acceptors (Lipinski definition) is 4. The van der Waals surface area contributed by atoms with Gasteiger partial charge >= 0.3 is 12.0 Å². The zero-order valence-corrected chi connectivity index (χ0v) is 11.1. The molecule has 0 bridgehead atoms. The number of urea groups is 1. The first-order chi connectivity index (χ1) is 9.60. The van der Waals surface area contributed by atoms with Crippen molar-refractivity contribution in [3.05, 3.63) is 24.0 Å². The number of nitrogens with zero attached hydrogens (tertiary/aromatic N) is 1. The van der Waals surface area contributed by atoms with Crippen LogP contribution in [0.4, 0.5) is 10.5 Å². The van der Waals surface area contributed by atoms with Crippen molar-refractivity contribution in [1.82, 2.24) is 10.3 Å². The quantitative estimate of drug-likeness (QED) is 0.774. The molecular formula is C13H17N3O4. The molecule has 0 aliphatic heterocycles. The molecule has 0 radical (unpaired) electrons. The summed E-state index contributed by atoms with van der Waals surface area (Å²) in [4.78, 5) is 26.6. The molecular weight excluding hydrogens is 262 g/mol. The number of rotatable bonds is 4. The van der Waals surface area contributed by atoms with Gasteiger partial charge in [0.2, 0.25) is 0 Å². The fraction of sp³-hybridized carbons (Fsp3) is 0.462. The molecule has 7 nitrogen and oxygen atoms in total. The zero-order valence-electron chi connectivity index (χ0n) is 11.1. The predicted molar refractivity (Wildman–Crippen MR) is 71.8 cm³/mol.